The third-order valence-electron chi connectivity index (χ3n) is 3.22. The molecule has 0 saturated heterocycles. The van der Waals surface area contributed by atoms with Gasteiger partial charge in [-0.05, 0) is 48.9 Å². The van der Waals surface area contributed by atoms with Crippen LogP contribution in [0.15, 0.2) is 47.4 Å². The minimum absolute atomic E-state index is 0.0723. The van der Waals surface area contributed by atoms with E-state index in [0.717, 1.165) is 12.1 Å². The number of nitrogens with two attached hydrogens (primary N) is 1. The van der Waals surface area contributed by atoms with E-state index in [-0.39, 0.29) is 16.0 Å². The molecule has 0 radical (unpaired) electrons. The van der Waals surface area contributed by atoms with Crippen molar-refractivity contribution in [1.82, 2.24) is 4.72 Å². The second-order valence-electron chi connectivity index (χ2n) is 4.91. The van der Waals surface area contributed by atoms with Crippen molar-refractivity contribution in [2.45, 2.75) is 17.9 Å². The van der Waals surface area contributed by atoms with Gasteiger partial charge in [0.1, 0.15) is 0 Å². The quantitative estimate of drug-likeness (QED) is 0.873. The van der Waals surface area contributed by atoms with Crippen molar-refractivity contribution in [3.63, 3.8) is 0 Å². The van der Waals surface area contributed by atoms with Gasteiger partial charge in [0, 0.05) is 11.6 Å². The summed E-state index contributed by atoms with van der Waals surface area (Å²) in [6.07, 6.45) is 0. The van der Waals surface area contributed by atoms with Gasteiger partial charge in [-0.3, -0.25) is 4.79 Å². The van der Waals surface area contributed by atoms with Crippen molar-refractivity contribution in [2.75, 3.05) is 0 Å². The molecule has 0 aliphatic rings. The van der Waals surface area contributed by atoms with Gasteiger partial charge in [-0.15, -0.1) is 0 Å². The highest BCUT2D eigenvalue weighted by molar-refractivity contribution is 7.89. The van der Waals surface area contributed by atoms with Gasteiger partial charge in [0.05, 0.1) is 4.90 Å². The zero-order chi connectivity index (χ0) is 17.2. The first-order valence-corrected chi connectivity index (χ1v) is 8.06. The number of hydrogen-bond acceptors (Lipinski definition) is 3. The van der Waals surface area contributed by atoms with E-state index in [0.29, 0.717) is 0 Å². The van der Waals surface area contributed by atoms with Crippen LogP contribution in [0.2, 0.25) is 0 Å². The van der Waals surface area contributed by atoms with Crippen LogP contribution in [0.1, 0.15) is 28.9 Å². The molecule has 2 aromatic carbocycles. The number of amides is 1. The molecule has 0 saturated carbocycles. The maximum absolute atomic E-state index is 13.2. The third kappa shape index (κ3) is 3.91. The van der Waals surface area contributed by atoms with Crippen molar-refractivity contribution in [1.29, 1.82) is 0 Å². The summed E-state index contributed by atoms with van der Waals surface area (Å²) < 4.78 is 53.0. The normalized spacial score (nSPS) is 12.8. The van der Waals surface area contributed by atoms with Gasteiger partial charge in [-0.1, -0.05) is 6.07 Å². The van der Waals surface area contributed by atoms with Crippen LogP contribution < -0.4 is 10.5 Å². The van der Waals surface area contributed by atoms with Crippen molar-refractivity contribution in [3.8, 4) is 0 Å². The Bertz CT molecular complexity index is 836. The molecule has 3 N–H and O–H groups in total. The first kappa shape index (κ1) is 17.0. The maximum Gasteiger partial charge on any atom is 0.248 e. The third-order valence-corrected chi connectivity index (χ3v) is 4.78. The summed E-state index contributed by atoms with van der Waals surface area (Å²) in [6.45, 7) is 1.50. The van der Waals surface area contributed by atoms with Crippen LogP contribution in [-0.2, 0) is 10.0 Å². The number of hydrogen-bond donors (Lipinski definition) is 2. The SMILES string of the molecule is CC(NS(=O)(=O)c1ccc(C(N)=O)cc1)c1ccc(F)c(F)c1. The standard InChI is InChI=1S/C15H14F2N2O3S/c1-9(11-4-7-13(16)14(17)8-11)19-23(21,22)12-5-2-10(3-6-12)15(18)20/h2-9,19H,1H3,(H2,18,20). The fourth-order valence-electron chi connectivity index (χ4n) is 1.95. The first-order chi connectivity index (χ1) is 10.7. The van der Waals surface area contributed by atoms with Crippen molar-refractivity contribution >= 4 is 15.9 Å². The summed E-state index contributed by atoms with van der Waals surface area (Å²) in [5.41, 5.74) is 5.54. The van der Waals surface area contributed by atoms with Gasteiger partial charge < -0.3 is 5.73 Å². The molecule has 122 valence electrons. The summed E-state index contributed by atoms with van der Waals surface area (Å²) in [7, 11) is -3.89. The first-order valence-electron chi connectivity index (χ1n) is 6.58. The topological polar surface area (TPSA) is 89.3 Å². The maximum atomic E-state index is 13.2. The van der Waals surface area contributed by atoms with Gasteiger partial charge >= 0.3 is 0 Å². The Morgan fingerprint density at radius 3 is 2.22 bits per heavy atom. The highest BCUT2D eigenvalue weighted by Gasteiger charge is 2.19. The summed E-state index contributed by atoms with van der Waals surface area (Å²) in [5.74, 6) is -2.73. The Hall–Kier alpha value is -2.32. The van der Waals surface area contributed by atoms with Crippen LogP contribution in [0.25, 0.3) is 0 Å². The summed E-state index contributed by atoms with van der Waals surface area (Å²) in [5, 5.41) is 0. The number of primary amides is 1. The van der Waals surface area contributed by atoms with Gasteiger partial charge in [0.2, 0.25) is 15.9 Å². The Labute approximate surface area is 132 Å². The van der Waals surface area contributed by atoms with Crippen LogP contribution in [0.5, 0.6) is 0 Å². The fraction of sp³-hybridized carbons (Fsp3) is 0.133. The van der Waals surface area contributed by atoms with Crippen molar-refractivity contribution < 1.29 is 22.0 Å². The molecule has 1 amide bonds. The lowest BCUT2D eigenvalue weighted by atomic mass is 10.1. The van der Waals surface area contributed by atoms with Crippen molar-refractivity contribution in [3.05, 3.63) is 65.2 Å². The lowest BCUT2D eigenvalue weighted by Gasteiger charge is -2.15. The summed E-state index contributed by atoms with van der Waals surface area (Å²) in [4.78, 5) is 10.9. The largest absolute Gasteiger partial charge is 0.366 e. The highest BCUT2D eigenvalue weighted by Crippen LogP contribution is 2.19. The van der Waals surface area contributed by atoms with Crippen LogP contribution in [0.4, 0.5) is 8.78 Å². The Balaban J connectivity index is 2.22. The highest BCUT2D eigenvalue weighted by atomic mass is 32.2. The average molecular weight is 340 g/mol. The van der Waals surface area contributed by atoms with E-state index in [1.54, 1.807) is 0 Å². The van der Waals surface area contributed by atoms with Crippen LogP contribution in [0.3, 0.4) is 0 Å². The number of carbonyl (C=O) groups excluding carboxylic acids is 1. The molecule has 0 spiro atoms. The molecule has 1 unspecified atom stereocenters. The Morgan fingerprint density at radius 2 is 1.70 bits per heavy atom. The number of halogens is 2. The lowest BCUT2D eigenvalue weighted by Crippen LogP contribution is -2.27. The molecule has 23 heavy (non-hydrogen) atoms. The second-order valence-corrected chi connectivity index (χ2v) is 6.62. The monoisotopic (exact) mass is 340 g/mol. The molecule has 8 heteroatoms. The molecular weight excluding hydrogens is 326 g/mol. The summed E-state index contributed by atoms with van der Waals surface area (Å²) in [6, 6.07) is 7.43. The van der Waals surface area contributed by atoms with E-state index in [1.165, 1.54) is 37.3 Å². The van der Waals surface area contributed by atoms with E-state index < -0.39 is 33.6 Å². The van der Waals surface area contributed by atoms with Crippen LogP contribution in [-0.4, -0.2) is 14.3 Å². The zero-order valence-corrected chi connectivity index (χ0v) is 12.9. The predicted molar refractivity (Wildman–Crippen MR) is 80.1 cm³/mol. The van der Waals surface area contributed by atoms with E-state index in [2.05, 4.69) is 4.72 Å². The molecule has 2 aromatic rings. The van der Waals surface area contributed by atoms with E-state index in [9.17, 15) is 22.0 Å². The minimum atomic E-state index is -3.89. The number of benzene rings is 2. The molecular formula is C15H14F2N2O3S. The van der Waals surface area contributed by atoms with Gasteiger partial charge in [-0.2, -0.15) is 0 Å². The average Bonchev–Trinajstić information content (AvgIpc) is 2.49. The molecule has 0 heterocycles. The molecule has 1 atom stereocenters. The van der Waals surface area contributed by atoms with E-state index in [1.807, 2.05) is 0 Å². The van der Waals surface area contributed by atoms with Gasteiger partial charge in [0.25, 0.3) is 0 Å². The number of nitrogens with one attached hydrogen (secondary N) is 1. The second kappa shape index (κ2) is 6.43. The number of carbonyl (C=O) groups is 1. The fourth-order valence-corrected chi connectivity index (χ4v) is 3.18. The number of sulfonamides is 1. The van der Waals surface area contributed by atoms with Gasteiger partial charge in [-0.25, -0.2) is 21.9 Å². The number of rotatable bonds is 5. The molecule has 0 bridgehead atoms. The molecule has 5 nitrogen and oxygen atoms in total. The van der Waals surface area contributed by atoms with Gasteiger partial charge in [0.15, 0.2) is 11.6 Å². The van der Waals surface area contributed by atoms with E-state index in [4.69, 9.17) is 5.73 Å². The minimum Gasteiger partial charge on any atom is -0.366 e. The smallest absolute Gasteiger partial charge is 0.248 e. The Morgan fingerprint density at radius 1 is 1.09 bits per heavy atom. The zero-order valence-electron chi connectivity index (χ0n) is 12.1. The van der Waals surface area contributed by atoms with Crippen LogP contribution in [0, 0.1) is 11.6 Å². The van der Waals surface area contributed by atoms with E-state index >= 15 is 0 Å². The molecule has 0 aliphatic heterocycles. The molecule has 0 aromatic heterocycles. The van der Waals surface area contributed by atoms with Crippen molar-refractivity contribution in [2.24, 2.45) is 5.73 Å². The molecule has 0 aliphatic carbocycles. The lowest BCUT2D eigenvalue weighted by molar-refractivity contribution is 0.1000. The summed E-state index contributed by atoms with van der Waals surface area (Å²) >= 11 is 0. The molecule has 2 rings (SSSR count). The Kier molecular flexibility index (Phi) is 4.76. The predicted octanol–water partition coefficient (Wildman–Crippen LogP) is 2.10. The molecule has 0 fully saturated rings. The van der Waals surface area contributed by atoms with Crippen LogP contribution >= 0.6 is 0 Å².